The molecule has 0 aliphatic heterocycles. The third-order valence-electron chi connectivity index (χ3n) is 4.48. The SMILES string of the molecule is O=C(NCCN(CCO)C(=O)c1cc([N+](=O)[O-])cc([N+](=O)[O-])c1)c1cc([N+](=O)[O-])cc([N+](=O)[O-])c1. The van der Waals surface area contributed by atoms with Crippen LogP contribution in [0, 0.1) is 40.5 Å². The van der Waals surface area contributed by atoms with Gasteiger partial charge < -0.3 is 15.3 Å². The van der Waals surface area contributed by atoms with Crippen molar-refractivity contribution in [2.24, 2.45) is 0 Å². The number of nitrogens with zero attached hydrogens (tertiary/aromatic N) is 5. The van der Waals surface area contributed by atoms with Crippen molar-refractivity contribution in [1.82, 2.24) is 10.2 Å². The van der Waals surface area contributed by atoms with Gasteiger partial charge >= 0.3 is 0 Å². The van der Waals surface area contributed by atoms with Gasteiger partial charge in [0.05, 0.1) is 49.6 Å². The minimum Gasteiger partial charge on any atom is -0.395 e. The summed E-state index contributed by atoms with van der Waals surface area (Å²) in [6.07, 6.45) is 0. The van der Waals surface area contributed by atoms with E-state index in [0.29, 0.717) is 12.1 Å². The molecule has 0 bridgehead atoms. The highest BCUT2D eigenvalue weighted by Gasteiger charge is 2.24. The molecule has 0 spiro atoms. The number of aliphatic hydroxyl groups is 1. The summed E-state index contributed by atoms with van der Waals surface area (Å²) in [7, 11) is 0. The summed E-state index contributed by atoms with van der Waals surface area (Å²) < 4.78 is 0. The summed E-state index contributed by atoms with van der Waals surface area (Å²) in [5, 5.41) is 55.6. The molecule has 0 radical (unpaired) electrons. The van der Waals surface area contributed by atoms with Gasteiger partial charge in [-0.05, 0) is 0 Å². The van der Waals surface area contributed by atoms with Crippen LogP contribution < -0.4 is 5.32 Å². The maximum absolute atomic E-state index is 12.8. The van der Waals surface area contributed by atoms with Crippen molar-refractivity contribution in [1.29, 1.82) is 0 Å². The molecule has 2 aromatic carbocycles. The second kappa shape index (κ2) is 11.2. The number of nitrogens with one attached hydrogen (secondary N) is 1. The van der Waals surface area contributed by atoms with Gasteiger partial charge in [0.15, 0.2) is 0 Å². The van der Waals surface area contributed by atoms with Crippen LogP contribution in [0.2, 0.25) is 0 Å². The first-order chi connectivity index (χ1) is 16.4. The van der Waals surface area contributed by atoms with E-state index in [1.165, 1.54) is 0 Å². The van der Waals surface area contributed by atoms with Gasteiger partial charge in [-0.25, -0.2) is 0 Å². The number of carbonyl (C=O) groups is 2. The number of hydrogen-bond donors (Lipinski definition) is 2. The molecule has 2 N–H and O–H groups in total. The number of carbonyl (C=O) groups excluding carboxylic acids is 2. The zero-order chi connectivity index (χ0) is 26.3. The molecule has 17 heteroatoms. The van der Waals surface area contributed by atoms with Crippen LogP contribution in [0.4, 0.5) is 22.7 Å². The first-order valence-electron chi connectivity index (χ1n) is 9.50. The first-order valence-corrected chi connectivity index (χ1v) is 9.50. The number of amides is 2. The van der Waals surface area contributed by atoms with Crippen molar-refractivity contribution >= 4 is 34.6 Å². The lowest BCUT2D eigenvalue weighted by atomic mass is 10.1. The minimum atomic E-state index is -0.931. The summed E-state index contributed by atoms with van der Waals surface area (Å²) in [6, 6.07) is 4.63. The van der Waals surface area contributed by atoms with Crippen molar-refractivity contribution < 1.29 is 34.4 Å². The van der Waals surface area contributed by atoms with Crippen LogP contribution in [0.5, 0.6) is 0 Å². The Labute approximate surface area is 194 Å². The van der Waals surface area contributed by atoms with E-state index in [0.717, 1.165) is 29.2 Å². The second-order valence-electron chi connectivity index (χ2n) is 6.78. The molecule has 0 saturated carbocycles. The van der Waals surface area contributed by atoms with Gasteiger partial charge in [-0.3, -0.25) is 50.0 Å². The standard InChI is InChI=1S/C18H16N6O11/c25-4-3-20(18(27)12-7-15(23(32)33)10-16(8-12)24(34)35)2-1-19-17(26)11-5-13(21(28)29)9-14(6-11)22(30)31/h5-10,25H,1-4H2,(H,19,26). The van der Waals surface area contributed by atoms with Crippen molar-refractivity contribution in [3.8, 4) is 0 Å². The van der Waals surface area contributed by atoms with E-state index in [-0.39, 0.29) is 25.2 Å². The zero-order valence-corrected chi connectivity index (χ0v) is 17.6. The highest BCUT2D eigenvalue weighted by molar-refractivity contribution is 5.96. The first kappa shape index (κ1) is 26.2. The number of hydrogen-bond acceptors (Lipinski definition) is 11. The van der Waals surface area contributed by atoms with Gasteiger partial charge in [0, 0.05) is 43.9 Å². The molecule has 0 atom stereocenters. The molecule has 2 amide bonds. The fourth-order valence-electron chi connectivity index (χ4n) is 2.89. The average Bonchev–Trinajstić information content (AvgIpc) is 2.82. The molecule has 0 aliphatic carbocycles. The van der Waals surface area contributed by atoms with Gasteiger partial charge in [0.1, 0.15) is 0 Å². The van der Waals surface area contributed by atoms with Gasteiger partial charge in [-0.1, -0.05) is 0 Å². The topological polar surface area (TPSA) is 242 Å². The molecule has 2 rings (SSSR count). The predicted octanol–water partition coefficient (Wildman–Crippen LogP) is 1.18. The van der Waals surface area contributed by atoms with E-state index >= 15 is 0 Å². The quantitative estimate of drug-likeness (QED) is 0.333. The minimum absolute atomic E-state index is 0.279. The Hall–Kier alpha value is -5.06. The fourth-order valence-corrected chi connectivity index (χ4v) is 2.89. The largest absolute Gasteiger partial charge is 0.395 e. The molecule has 0 saturated heterocycles. The highest BCUT2D eigenvalue weighted by atomic mass is 16.6. The Kier molecular flexibility index (Phi) is 8.37. The molecule has 0 fully saturated rings. The van der Waals surface area contributed by atoms with E-state index < -0.39 is 66.4 Å². The van der Waals surface area contributed by atoms with Crippen LogP contribution in [0.1, 0.15) is 20.7 Å². The van der Waals surface area contributed by atoms with Crippen molar-refractivity contribution in [3.63, 3.8) is 0 Å². The van der Waals surface area contributed by atoms with Crippen LogP contribution in [0.25, 0.3) is 0 Å². The highest BCUT2D eigenvalue weighted by Crippen LogP contribution is 2.24. The van der Waals surface area contributed by atoms with Gasteiger partial charge in [-0.15, -0.1) is 0 Å². The Morgan fingerprint density at radius 1 is 0.714 bits per heavy atom. The molecular formula is C18H16N6O11. The van der Waals surface area contributed by atoms with Crippen LogP contribution in [-0.4, -0.2) is 67.8 Å². The Bertz CT molecular complexity index is 1150. The molecular weight excluding hydrogens is 476 g/mol. The molecule has 2 aromatic rings. The summed E-state index contributed by atoms with van der Waals surface area (Å²) in [5.74, 6) is -1.84. The fraction of sp³-hybridized carbons (Fsp3) is 0.222. The predicted molar refractivity (Wildman–Crippen MR) is 115 cm³/mol. The number of nitro groups is 4. The summed E-state index contributed by atoms with van der Waals surface area (Å²) >= 11 is 0. The van der Waals surface area contributed by atoms with Crippen LogP contribution in [-0.2, 0) is 0 Å². The number of benzene rings is 2. The molecule has 0 heterocycles. The third kappa shape index (κ3) is 6.71. The van der Waals surface area contributed by atoms with E-state index in [1.807, 2.05) is 0 Å². The van der Waals surface area contributed by atoms with Crippen LogP contribution in [0.3, 0.4) is 0 Å². The molecule has 0 aliphatic rings. The smallest absolute Gasteiger partial charge is 0.277 e. The van der Waals surface area contributed by atoms with Crippen LogP contribution >= 0.6 is 0 Å². The lowest BCUT2D eigenvalue weighted by Gasteiger charge is -2.22. The van der Waals surface area contributed by atoms with Gasteiger partial charge in [-0.2, -0.15) is 0 Å². The van der Waals surface area contributed by atoms with E-state index in [9.17, 15) is 55.2 Å². The number of nitro benzene ring substituents is 4. The van der Waals surface area contributed by atoms with E-state index in [1.54, 1.807) is 0 Å². The molecule has 35 heavy (non-hydrogen) atoms. The monoisotopic (exact) mass is 492 g/mol. The molecule has 0 aromatic heterocycles. The summed E-state index contributed by atoms with van der Waals surface area (Å²) in [5.41, 5.74) is -3.57. The lowest BCUT2D eigenvalue weighted by Crippen LogP contribution is -2.40. The molecule has 184 valence electrons. The molecule has 17 nitrogen and oxygen atoms in total. The second-order valence-corrected chi connectivity index (χ2v) is 6.78. The summed E-state index contributed by atoms with van der Waals surface area (Å²) in [4.78, 5) is 66.5. The van der Waals surface area contributed by atoms with Crippen molar-refractivity contribution in [3.05, 3.63) is 88.0 Å². The normalized spacial score (nSPS) is 10.3. The number of aliphatic hydroxyl groups excluding tert-OH is 1. The van der Waals surface area contributed by atoms with E-state index in [4.69, 9.17) is 0 Å². The Balaban J connectivity index is 2.20. The van der Waals surface area contributed by atoms with Crippen molar-refractivity contribution in [2.45, 2.75) is 0 Å². The number of non-ortho nitro benzene ring substituents is 4. The van der Waals surface area contributed by atoms with E-state index in [2.05, 4.69) is 5.32 Å². The van der Waals surface area contributed by atoms with Crippen LogP contribution in [0.15, 0.2) is 36.4 Å². The van der Waals surface area contributed by atoms with Crippen molar-refractivity contribution in [2.75, 3.05) is 26.2 Å². The van der Waals surface area contributed by atoms with Gasteiger partial charge in [0.25, 0.3) is 34.6 Å². The third-order valence-corrected chi connectivity index (χ3v) is 4.48. The number of rotatable bonds is 11. The maximum atomic E-state index is 12.8. The molecule has 0 unspecified atom stereocenters. The summed E-state index contributed by atoms with van der Waals surface area (Å²) in [6.45, 7) is -1.42. The lowest BCUT2D eigenvalue weighted by molar-refractivity contribution is -0.394. The maximum Gasteiger partial charge on any atom is 0.277 e. The zero-order valence-electron chi connectivity index (χ0n) is 17.6. The Morgan fingerprint density at radius 3 is 1.49 bits per heavy atom. The van der Waals surface area contributed by atoms with Gasteiger partial charge in [0.2, 0.25) is 0 Å². The average molecular weight is 492 g/mol. The Morgan fingerprint density at radius 2 is 1.11 bits per heavy atom.